The summed E-state index contributed by atoms with van der Waals surface area (Å²) in [5, 5.41) is 8.84. The van der Waals surface area contributed by atoms with Crippen LogP contribution in [0.25, 0.3) is 0 Å². The van der Waals surface area contributed by atoms with Gasteiger partial charge in [0.25, 0.3) is 0 Å². The maximum atomic E-state index is 12.8. The Morgan fingerprint density at radius 1 is 1.24 bits per heavy atom. The van der Waals surface area contributed by atoms with Gasteiger partial charge in [-0.3, -0.25) is 9.59 Å². The van der Waals surface area contributed by atoms with Crippen molar-refractivity contribution in [3.05, 3.63) is 0 Å². The van der Waals surface area contributed by atoms with Crippen LogP contribution in [0.15, 0.2) is 0 Å². The molecule has 0 unspecified atom stereocenters. The van der Waals surface area contributed by atoms with Gasteiger partial charge >= 0.3 is 12.1 Å². The van der Waals surface area contributed by atoms with Gasteiger partial charge in [0.1, 0.15) is 0 Å². The number of likely N-dealkylation sites (tertiary alicyclic amines) is 1. The second-order valence-corrected chi connectivity index (χ2v) is 4.75. The summed E-state index contributed by atoms with van der Waals surface area (Å²) in [6.45, 7) is -0.331. The number of hydrogen-bond donors (Lipinski definition) is 1. The first kappa shape index (κ1) is 17.7. The highest BCUT2D eigenvalue weighted by molar-refractivity contribution is 5.79. The number of alkyl halides is 3. The van der Waals surface area contributed by atoms with Gasteiger partial charge in [-0.05, 0) is 0 Å². The molecule has 1 heterocycles. The fraction of sp³-hybridized carbons (Fsp3) is 0.833. The molecule has 21 heavy (non-hydrogen) atoms. The quantitative estimate of drug-likeness (QED) is 0.702. The number of carboxylic acid groups (broad SMARTS) is 1. The predicted octanol–water partition coefficient (Wildman–Crippen LogP) is 0.761. The fourth-order valence-electron chi connectivity index (χ4n) is 2.15. The summed E-state index contributed by atoms with van der Waals surface area (Å²) >= 11 is 0. The van der Waals surface area contributed by atoms with E-state index in [0.29, 0.717) is 6.61 Å². The fourth-order valence-corrected chi connectivity index (χ4v) is 2.15. The summed E-state index contributed by atoms with van der Waals surface area (Å²) in [5.74, 6) is -5.70. The third-order valence-corrected chi connectivity index (χ3v) is 3.30. The Balaban J connectivity index is 2.49. The van der Waals surface area contributed by atoms with Gasteiger partial charge in [0, 0.05) is 20.2 Å². The van der Waals surface area contributed by atoms with E-state index in [1.54, 1.807) is 0 Å². The molecule has 0 saturated carbocycles. The molecule has 1 N–H and O–H groups in total. The number of hydrogen-bond acceptors (Lipinski definition) is 4. The molecule has 0 radical (unpaired) electrons. The first-order valence-electron chi connectivity index (χ1n) is 6.41. The Bertz CT molecular complexity index is 374. The molecule has 1 amide bonds. The highest BCUT2D eigenvalue weighted by Gasteiger charge is 2.53. The lowest BCUT2D eigenvalue weighted by atomic mass is 9.96. The molecule has 0 spiro atoms. The molecule has 0 aliphatic carbocycles. The van der Waals surface area contributed by atoms with E-state index >= 15 is 0 Å². The summed E-state index contributed by atoms with van der Waals surface area (Å²) < 4.78 is 48.1. The van der Waals surface area contributed by atoms with Gasteiger partial charge in [-0.1, -0.05) is 0 Å². The molecule has 0 aromatic heterocycles. The standard InChI is InChI=1S/C12H18F3NO5/c1-20-4-5-21-3-2-10(17)16-6-8(11(18)19)9(7-16)12(13,14)15/h8-9H,2-7H2,1H3,(H,18,19)/t8-,9-/m1/s1. The van der Waals surface area contributed by atoms with Crippen molar-refractivity contribution in [3.63, 3.8) is 0 Å². The number of amides is 1. The normalized spacial score (nSPS) is 22.6. The average Bonchev–Trinajstić information content (AvgIpc) is 2.83. The van der Waals surface area contributed by atoms with Crippen LogP contribution in [0.4, 0.5) is 13.2 Å². The van der Waals surface area contributed by atoms with Crippen LogP contribution in [0.3, 0.4) is 0 Å². The maximum Gasteiger partial charge on any atom is 0.394 e. The first-order valence-corrected chi connectivity index (χ1v) is 6.41. The minimum atomic E-state index is -4.63. The topological polar surface area (TPSA) is 76.1 Å². The SMILES string of the molecule is COCCOCCC(=O)N1C[C@@H](C(F)(F)F)[C@H](C(=O)O)C1. The summed E-state index contributed by atoms with van der Waals surface area (Å²) in [5.41, 5.74) is 0. The van der Waals surface area contributed by atoms with Crippen molar-refractivity contribution in [1.82, 2.24) is 4.90 Å². The zero-order chi connectivity index (χ0) is 16.0. The molecule has 0 aromatic carbocycles. The molecule has 0 bridgehead atoms. The first-order chi connectivity index (χ1) is 9.77. The highest BCUT2D eigenvalue weighted by atomic mass is 19.4. The number of carboxylic acids is 1. The molecular weight excluding hydrogens is 295 g/mol. The van der Waals surface area contributed by atoms with Crippen molar-refractivity contribution >= 4 is 11.9 Å². The van der Waals surface area contributed by atoms with Crippen molar-refractivity contribution in [1.29, 1.82) is 0 Å². The molecule has 0 aromatic rings. The van der Waals surface area contributed by atoms with E-state index in [-0.39, 0.29) is 19.6 Å². The smallest absolute Gasteiger partial charge is 0.394 e. The van der Waals surface area contributed by atoms with E-state index in [2.05, 4.69) is 0 Å². The number of halogens is 3. The van der Waals surface area contributed by atoms with Crippen molar-refractivity contribution in [3.8, 4) is 0 Å². The van der Waals surface area contributed by atoms with E-state index in [9.17, 15) is 22.8 Å². The number of methoxy groups -OCH3 is 1. The van der Waals surface area contributed by atoms with Crippen molar-refractivity contribution in [2.45, 2.75) is 12.6 Å². The lowest BCUT2D eigenvalue weighted by molar-refractivity contribution is -0.188. The Morgan fingerprint density at radius 3 is 2.38 bits per heavy atom. The van der Waals surface area contributed by atoms with E-state index in [1.165, 1.54) is 7.11 Å². The van der Waals surface area contributed by atoms with Crippen LogP contribution in [-0.4, -0.2) is 68.1 Å². The van der Waals surface area contributed by atoms with E-state index in [4.69, 9.17) is 14.6 Å². The summed E-state index contributed by atoms with van der Waals surface area (Å²) in [6.07, 6.45) is -4.71. The van der Waals surface area contributed by atoms with Crippen LogP contribution < -0.4 is 0 Å². The van der Waals surface area contributed by atoms with Gasteiger partial charge in [-0.2, -0.15) is 13.2 Å². The van der Waals surface area contributed by atoms with E-state index in [1.807, 2.05) is 0 Å². The molecule has 6 nitrogen and oxygen atoms in total. The van der Waals surface area contributed by atoms with Crippen LogP contribution >= 0.6 is 0 Å². The monoisotopic (exact) mass is 313 g/mol. The van der Waals surface area contributed by atoms with Gasteiger partial charge < -0.3 is 19.5 Å². The molecule has 1 fully saturated rings. The van der Waals surface area contributed by atoms with Crippen molar-refractivity contribution in [2.24, 2.45) is 11.8 Å². The molecule has 2 atom stereocenters. The van der Waals surface area contributed by atoms with Gasteiger partial charge in [0.05, 0.1) is 38.1 Å². The summed E-state index contributed by atoms with van der Waals surface area (Å²) in [6, 6.07) is 0. The number of carbonyl (C=O) groups is 2. The lowest BCUT2D eigenvalue weighted by Gasteiger charge is -2.18. The van der Waals surface area contributed by atoms with Crippen LogP contribution in [0, 0.1) is 11.8 Å². The molecule has 1 rings (SSSR count). The zero-order valence-corrected chi connectivity index (χ0v) is 11.6. The molecule has 1 saturated heterocycles. The molecule has 122 valence electrons. The molecule has 1 aliphatic heterocycles. The third kappa shape index (κ3) is 5.16. The Hall–Kier alpha value is -1.35. The Morgan fingerprint density at radius 2 is 1.90 bits per heavy atom. The molecular formula is C12H18F3NO5. The van der Waals surface area contributed by atoms with Crippen molar-refractivity contribution < 1.29 is 37.3 Å². The Labute approximate surface area is 119 Å². The van der Waals surface area contributed by atoms with Gasteiger partial charge in [-0.25, -0.2) is 0 Å². The summed E-state index contributed by atoms with van der Waals surface area (Å²) in [4.78, 5) is 23.6. The van der Waals surface area contributed by atoms with E-state index in [0.717, 1.165) is 4.90 Å². The second-order valence-electron chi connectivity index (χ2n) is 4.75. The lowest BCUT2D eigenvalue weighted by Crippen LogP contribution is -2.34. The summed E-state index contributed by atoms with van der Waals surface area (Å²) in [7, 11) is 1.49. The number of nitrogens with zero attached hydrogens (tertiary/aromatic N) is 1. The third-order valence-electron chi connectivity index (χ3n) is 3.30. The van der Waals surface area contributed by atoms with Crippen LogP contribution in [0.5, 0.6) is 0 Å². The van der Waals surface area contributed by atoms with Gasteiger partial charge in [0.15, 0.2) is 0 Å². The molecule has 9 heteroatoms. The van der Waals surface area contributed by atoms with Crippen LogP contribution in [0.1, 0.15) is 6.42 Å². The minimum Gasteiger partial charge on any atom is -0.481 e. The number of ether oxygens (including phenoxy) is 2. The second kappa shape index (κ2) is 7.60. The number of carbonyl (C=O) groups excluding carboxylic acids is 1. The maximum absolute atomic E-state index is 12.8. The largest absolute Gasteiger partial charge is 0.481 e. The van der Waals surface area contributed by atoms with Crippen molar-refractivity contribution in [2.75, 3.05) is 40.0 Å². The Kier molecular flexibility index (Phi) is 6.41. The van der Waals surface area contributed by atoms with E-state index < -0.39 is 43.0 Å². The minimum absolute atomic E-state index is 0.0626. The number of rotatable bonds is 7. The van der Waals surface area contributed by atoms with Crippen LogP contribution in [-0.2, 0) is 19.1 Å². The average molecular weight is 313 g/mol. The number of aliphatic carboxylic acids is 1. The zero-order valence-electron chi connectivity index (χ0n) is 11.6. The predicted molar refractivity (Wildman–Crippen MR) is 64.6 cm³/mol. The van der Waals surface area contributed by atoms with Crippen LogP contribution in [0.2, 0.25) is 0 Å². The van der Waals surface area contributed by atoms with Gasteiger partial charge in [0.2, 0.25) is 5.91 Å². The van der Waals surface area contributed by atoms with Gasteiger partial charge in [-0.15, -0.1) is 0 Å². The highest BCUT2D eigenvalue weighted by Crippen LogP contribution is 2.37. The molecule has 1 aliphatic rings.